The number of anilines is 2. The van der Waals surface area contributed by atoms with E-state index in [1.807, 2.05) is 31.2 Å². The van der Waals surface area contributed by atoms with Crippen LogP contribution in [-0.4, -0.2) is 74.0 Å². The number of rotatable bonds is 7. The van der Waals surface area contributed by atoms with E-state index in [0.29, 0.717) is 49.2 Å². The molecule has 0 spiro atoms. The molecule has 8 nitrogen and oxygen atoms in total. The van der Waals surface area contributed by atoms with Crippen LogP contribution in [0.1, 0.15) is 39.7 Å². The Morgan fingerprint density at radius 3 is 2.20 bits per heavy atom. The van der Waals surface area contributed by atoms with Crippen molar-refractivity contribution in [2.75, 3.05) is 57.0 Å². The molecule has 188 valence electrons. The molecule has 2 aliphatic rings. The van der Waals surface area contributed by atoms with Gasteiger partial charge in [0.2, 0.25) is 11.8 Å². The summed E-state index contributed by atoms with van der Waals surface area (Å²) in [5.74, 6) is 0.0223. The predicted molar refractivity (Wildman–Crippen MR) is 138 cm³/mol. The zero-order valence-corrected chi connectivity index (χ0v) is 21.5. The van der Waals surface area contributed by atoms with Crippen LogP contribution >= 0.6 is 11.3 Å². The van der Waals surface area contributed by atoms with E-state index < -0.39 is 0 Å². The number of hydrogen-bond acceptors (Lipinski definition) is 7. The highest BCUT2D eigenvalue weighted by atomic mass is 32.1. The number of carbonyl (C=O) groups excluding carboxylic acids is 3. The number of aryl methyl sites for hydroxylation is 1. The molecule has 1 aromatic heterocycles. The zero-order chi connectivity index (χ0) is 24.9. The Morgan fingerprint density at radius 2 is 1.60 bits per heavy atom. The number of fused-ring (bicyclic) bond motifs is 1. The highest BCUT2D eigenvalue weighted by molar-refractivity contribution is 7.17. The van der Waals surface area contributed by atoms with Gasteiger partial charge >= 0.3 is 5.97 Å². The fourth-order valence-electron chi connectivity index (χ4n) is 4.67. The summed E-state index contributed by atoms with van der Waals surface area (Å²) in [5, 5.41) is 6.52. The van der Waals surface area contributed by atoms with Crippen molar-refractivity contribution in [2.45, 2.75) is 33.1 Å². The minimum Gasteiger partial charge on any atom is -0.465 e. The normalized spacial score (nSPS) is 18.5. The van der Waals surface area contributed by atoms with E-state index >= 15 is 0 Å². The Labute approximate surface area is 210 Å². The first-order valence-corrected chi connectivity index (χ1v) is 13.0. The average molecular weight is 499 g/mol. The molecule has 1 atom stereocenters. The van der Waals surface area contributed by atoms with Gasteiger partial charge in [0.15, 0.2) is 0 Å². The zero-order valence-electron chi connectivity index (χ0n) is 20.7. The summed E-state index contributed by atoms with van der Waals surface area (Å²) in [6.45, 7) is 7.64. The molecule has 0 bridgehead atoms. The first kappa shape index (κ1) is 25.3. The summed E-state index contributed by atoms with van der Waals surface area (Å²) < 4.78 is 5.01. The summed E-state index contributed by atoms with van der Waals surface area (Å²) in [5.41, 5.74) is 3.51. The van der Waals surface area contributed by atoms with E-state index in [-0.39, 0.29) is 24.3 Å². The van der Waals surface area contributed by atoms with Crippen molar-refractivity contribution in [3.63, 3.8) is 0 Å². The SMILES string of the molecule is COC(=O)c1c(NC(=O)CN2CCN(CC(=O)Nc3ccc(C)cc3)CC2)sc2c1CCC(C)C2. The molecule has 1 aliphatic heterocycles. The number of piperazine rings is 1. The van der Waals surface area contributed by atoms with Crippen molar-refractivity contribution < 1.29 is 19.1 Å². The van der Waals surface area contributed by atoms with E-state index in [2.05, 4.69) is 27.4 Å². The van der Waals surface area contributed by atoms with Crippen LogP contribution < -0.4 is 10.6 Å². The summed E-state index contributed by atoms with van der Waals surface area (Å²) >= 11 is 1.50. The maximum absolute atomic E-state index is 12.8. The largest absolute Gasteiger partial charge is 0.465 e. The Bertz CT molecular complexity index is 1070. The molecule has 1 saturated heterocycles. The molecule has 1 fully saturated rings. The Morgan fingerprint density at radius 1 is 1.00 bits per heavy atom. The fraction of sp³-hybridized carbons (Fsp3) is 0.500. The summed E-state index contributed by atoms with van der Waals surface area (Å²) in [7, 11) is 1.38. The molecule has 1 aliphatic carbocycles. The van der Waals surface area contributed by atoms with Gasteiger partial charge in [-0.2, -0.15) is 0 Å². The summed E-state index contributed by atoms with van der Waals surface area (Å²) in [6.07, 6.45) is 2.81. The third kappa shape index (κ3) is 6.48. The summed E-state index contributed by atoms with van der Waals surface area (Å²) in [6, 6.07) is 7.75. The monoisotopic (exact) mass is 498 g/mol. The molecule has 0 saturated carbocycles. The number of nitrogens with one attached hydrogen (secondary N) is 2. The smallest absolute Gasteiger partial charge is 0.341 e. The van der Waals surface area contributed by atoms with Gasteiger partial charge in [-0.15, -0.1) is 11.3 Å². The van der Waals surface area contributed by atoms with Gasteiger partial charge in [-0.05, 0) is 49.8 Å². The molecule has 0 radical (unpaired) electrons. The predicted octanol–water partition coefficient (Wildman–Crippen LogP) is 3.16. The minimum atomic E-state index is -0.384. The number of methoxy groups -OCH3 is 1. The van der Waals surface area contributed by atoms with Crippen molar-refractivity contribution >= 4 is 39.8 Å². The van der Waals surface area contributed by atoms with Gasteiger partial charge in [0.1, 0.15) is 5.00 Å². The number of thiophene rings is 1. The molecular formula is C26H34N4O4S. The molecule has 35 heavy (non-hydrogen) atoms. The number of ether oxygens (including phenoxy) is 1. The fourth-order valence-corrected chi connectivity index (χ4v) is 6.09. The van der Waals surface area contributed by atoms with Crippen LogP contribution in [0.15, 0.2) is 24.3 Å². The number of esters is 1. The number of carbonyl (C=O) groups is 3. The van der Waals surface area contributed by atoms with Gasteiger partial charge < -0.3 is 15.4 Å². The number of amides is 2. The number of hydrogen-bond donors (Lipinski definition) is 2. The molecular weight excluding hydrogens is 464 g/mol. The van der Waals surface area contributed by atoms with Crippen LogP contribution in [0.25, 0.3) is 0 Å². The molecule has 2 N–H and O–H groups in total. The standard InChI is InChI=1S/C26H34N4O4S/c1-17-4-7-19(8-5-17)27-22(31)15-29-10-12-30(13-11-29)16-23(32)28-25-24(26(33)34-3)20-9-6-18(2)14-21(20)35-25/h4-5,7-8,18H,6,9-16H2,1-3H3,(H,27,31)(H,28,32). The Kier molecular flexibility index (Phi) is 8.20. The van der Waals surface area contributed by atoms with Gasteiger partial charge in [-0.3, -0.25) is 19.4 Å². The summed E-state index contributed by atoms with van der Waals surface area (Å²) in [4.78, 5) is 43.0. The van der Waals surface area contributed by atoms with Gasteiger partial charge in [-0.25, -0.2) is 4.79 Å². The second-order valence-electron chi connectivity index (χ2n) is 9.56. The van der Waals surface area contributed by atoms with Crippen LogP contribution in [0, 0.1) is 12.8 Å². The van der Waals surface area contributed by atoms with Crippen LogP contribution in [0.4, 0.5) is 10.7 Å². The molecule has 4 rings (SSSR count). The Hall–Kier alpha value is -2.75. The van der Waals surface area contributed by atoms with E-state index in [4.69, 9.17) is 4.74 Å². The highest BCUT2D eigenvalue weighted by Crippen LogP contribution is 2.40. The molecule has 2 amide bonds. The van der Waals surface area contributed by atoms with Crippen LogP contribution in [-0.2, 0) is 27.2 Å². The second kappa shape index (κ2) is 11.3. The first-order chi connectivity index (χ1) is 16.8. The lowest BCUT2D eigenvalue weighted by Crippen LogP contribution is -2.50. The topological polar surface area (TPSA) is 91.0 Å². The lowest BCUT2D eigenvalue weighted by molar-refractivity contribution is -0.120. The minimum absolute atomic E-state index is 0.0358. The van der Waals surface area contributed by atoms with Crippen LogP contribution in [0.2, 0.25) is 0 Å². The quantitative estimate of drug-likeness (QED) is 0.570. The maximum atomic E-state index is 12.8. The van der Waals surface area contributed by atoms with E-state index in [9.17, 15) is 14.4 Å². The van der Waals surface area contributed by atoms with E-state index in [1.165, 1.54) is 23.3 Å². The maximum Gasteiger partial charge on any atom is 0.341 e. The van der Waals surface area contributed by atoms with Gasteiger partial charge in [0, 0.05) is 36.7 Å². The van der Waals surface area contributed by atoms with Crippen molar-refractivity contribution in [3.8, 4) is 0 Å². The lowest BCUT2D eigenvalue weighted by atomic mass is 9.88. The third-order valence-corrected chi connectivity index (χ3v) is 7.86. The second-order valence-corrected chi connectivity index (χ2v) is 10.7. The van der Waals surface area contributed by atoms with Crippen LogP contribution in [0.3, 0.4) is 0 Å². The lowest BCUT2D eigenvalue weighted by Gasteiger charge is -2.33. The van der Waals surface area contributed by atoms with E-state index in [1.54, 1.807) is 0 Å². The Balaban J connectivity index is 1.27. The van der Waals surface area contributed by atoms with Crippen molar-refractivity contribution in [1.82, 2.24) is 9.80 Å². The van der Waals surface area contributed by atoms with Gasteiger partial charge in [-0.1, -0.05) is 24.6 Å². The average Bonchev–Trinajstić information content (AvgIpc) is 3.17. The number of nitrogens with zero attached hydrogens (tertiary/aromatic N) is 2. The molecule has 1 unspecified atom stereocenters. The van der Waals surface area contributed by atoms with Crippen LogP contribution in [0.5, 0.6) is 0 Å². The third-order valence-electron chi connectivity index (χ3n) is 6.69. The van der Waals surface area contributed by atoms with E-state index in [0.717, 1.165) is 36.1 Å². The van der Waals surface area contributed by atoms with Gasteiger partial charge in [0.25, 0.3) is 0 Å². The molecule has 2 aromatic rings. The molecule has 2 heterocycles. The molecule has 1 aromatic carbocycles. The van der Waals surface area contributed by atoms with Crippen molar-refractivity contribution in [2.24, 2.45) is 5.92 Å². The first-order valence-electron chi connectivity index (χ1n) is 12.2. The van der Waals surface area contributed by atoms with Crippen molar-refractivity contribution in [3.05, 3.63) is 45.8 Å². The van der Waals surface area contributed by atoms with Gasteiger partial charge in [0.05, 0.1) is 25.8 Å². The highest BCUT2D eigenvalue weighted by Gasteiger charge is 2.29. The number of benzene rings is 1. The molecule has 9 heteroatoms. The van der Waals surface area contributed by atoms with Crippen molar-refractivity contribution in [1.29, 1.82) is 0 Å².